The van der Waals surface area contributed by atoms with Crippen LogP contribution in [0.25, 0.3) is 0 Å². The van der Waals surface area contributed by atoms with Crippen molar-refractivity contribution >= 4 is 19.0 Å². The van der Waals surface area contributed by atoms with Gasteiger partial charge >= 0.3 is 0 Å². The number of amides is 1. The Bertz CT molecular complexity index is 30.8. The largest absolute Gasteiger partial charge is 0.349 e. The molecule has 0 unspecified atom stereocenters. The second-order valence-corrected chi connectivity index (χ2v) is 0.755. The molecular weight excluding hydrogens is 86.1 g/mol. The Morgan fingerprint density at radius 1 is 2.00 bits per heavy atom. The van der Waals surface area contributed by atoms with Gasteiger partial charge in [0.05, 0.1) is 5.88 Å². The van der Waals surface area contributed by atoms with Gasteiger partial charge in [0.2, 0.25) is 6.41 Å². The quantitative estimate of drug-likeness (QED) is 0.471. The van der Waals surface area contributed by atoms with Gasteiger partial charge in [-0.1, -0.05) is 12.6 Å². The lowest BCUT2D eigenvalue weighted by Gasteiger charge is -1.76. The van der Waals surface area contributed by atoms with E-state index in [0.717, 1.165) is 0 Å². The van der Waals surface area contributed by atoms with Crippen molar-refractivity contribution < 1.29 is 4.79 Å². The van der Waals surface area contributed by atoms with Crippen molar-refractivity contribution in [2.75, 3.05) is 5.88 Å². The second-order valence-electron chi connectivity index (χ2n) is 0.466. The molecule has 0 saturated carbocycles. The Morgan fingerprint density at radius 3 is 2.60 bits per heavy atom. The van der Waals surface area contributed by atoms with Gasteiger partial charge in [0, 0.05) is 0 Å². The lowest BCUT2D eigenvalue weighted by atomic mass is 11.2. The van der Waals surface area contributed by atoms with Crippen LogP contribution in [0.3, 0.4) is 0 Å². The molecule has 2 nitrogen and oxygen atoms in total. The zero-order valence-corrected chi connectivity index (χ0v) is 3.42. The summed E-state index contributed by atoms with van der Waals surface area (Å²) in [5.41, 5.74) is 0. The first-order valence-corrected chi connectivity index (χ1v) is 1.74. The number of rotatable bonds is 2. The van der Waals surface area contributed by atoms with Crippen LogP contribution >= 0.6 is 12.6 Å². The molecule has 0 aromatic rings. The topological polar surface area (TPSA) is 29.1 Å². The zero-order valence-electron chi connectivity index (χ0n) is 2.60. The van der Waals surface area contributed by atoms with E-state index in [4.69, 9.17) is 0 Å². The van der Waals surface area contributed by atoms with Gasteiger partial charge in [-0.2, -0.15) is 0 Å². The molecule has 29 valence electrons. The van der Waals surface area contributed by atoms with Gasteiger partial charge in [0.25, 0.3) is 0 Å². The highest BCUT2D eigenvalue weighted by molar-refractivity contribution is 7.80. The standard InChI is InChI=1S/C2H4NOS/c4-1-3-2-5/h1H,2H2,(H,3,4). The number of carbonyl (C=O) groups excluding carboxylic acids is 1. The molecular formula is C2H4NOS. The summed E-state index contributed by atoms with van der Waals surface area (Å²) >= 11 is 4.31. The molecule has 0 spiro atoms. The van der Waals surface area contributed by atoms with E-state index in [2.05, 4.69) is 17.9 Å². The first kappa shape index (κ1) is 4.82. The molecule has 1 N–H and O–H groups in total. The summed E-state index contributed by atoms with van der Waals surface area (Å²) in [5.74, 6) is 0.309. The van der Waals surface area contributed by atoms with E-state index in [-0.39, 0.29) is 0 Å². The van der Waals surface area contributed by atoms with Gasteiger partial charge < -0.3 is 5.32 Å². The van der Waals surface area contributed by atoms with E-state index < -0.39 is 0 Å². The van der Waals surface area contributed by atoms with Crippen molar-refractivity contribution in [1.82, 2.24) is 5.32 Å². The molecule has 0 aliphatic heterocycles. The minimum absolute atomic E-state index is 0.309. The first-order chi connectivity index (χ1) is 2.41. The minimum atomic E-state index is 0.309. The highest BCUT2D eigenvalue weighted by Crippen LogP contribution is 1.54. The van der Waals surface area contributed by atoms with Crippen LogP contribution < -0.4 is 5.32 Å². The monoisotopic (exact) mass is 90.0 g/mol. The van der Waals surface area contributed by atoms with Gasteiger partial charge in [-0.05, 0) is 0 Å². The van der Waals surface area contributed by atoms with Gasteiger partial charge in [0.15, 0.2) is 0 Å². The van der Waals surface area contributed by atoms with Gasteiger partial charge in [-0.15, -0.1) is 0 Å². The van der Waals surface area contributed by atoms with E-state index in [9.17, 15) is 4.79 Å². The Morgan fingerprint density at radius 2 is 2.60 bits per heavy atom. The number of nitrogens with one attached hydrogen (secondary N) is 1. The Labute approximate surface area is 36.0 Å². The molecule has 0 aromatic carbocycles. The summed E-state index contributed by atoms with van der Waals surface area (Å²) < 4.78 is 0. The average molecular weight is 90.1 g/mol. The predicted molar refractivity (Wildman–Crippen MR) is 21.7 cm³/mol. The van der Waals surface area contributed by atoms with E-state index in [0.29, 0.717) is 12.3 Å². The smallest absolute Gasteiger partial charge is 0.207 e. The van der Waals surface area contributed by atoms with Crippen molar-refractivity contribution in [3.05, 3.63) is 0 Å². The second kappa shape index (κ2) is 3.82. The molecule has 1 radical (unpaired) electrons. The minimum Gasteiger partial charge on any atom is -0.349 e. The molecule has 0 rings (SSSR count). The molecule has 1 amide bonds. The zero-order chi connectivity index (χ0) is 4.12. The maximum Gasteiger partial charge on any atom is 0.207 e. The van der Waals surface area contributed by atoms with Crippen molar-refractivity contribution in [3.63, 3.8) is 0 Å². The van der Waals surface area contributed by atoms with Crippen LogP contribution in [0, 0.1) is 0 Å². The Kier molecular flexibility index (Phi) is 3.68. The maximum absolute atomic E-state index is 9.23. The first-order valence-electron chi connectivity index (χ1n) is 1.17. The highest BCUT2D eigenvalue weighted by atomic mass is 32.1. The van der Waals surface area contributed by atoms with Gasteiger partial charge in [0.1, 0.15) is 0 Å². The Balaban J connectivity index is 2.40. The number of hydrogen-bond donors (Lipinski definition) is 1. The van der Waals surface area contributed by atoms with Gasteiger partial charge in [-0.25, -0.2) is 0 Å². The molecule has 0 aliphatic rings. The van der Waals surface area contributed by atoms with E-state index in [1.165, 1.54) is 0 Å². The van der Waals surface area contributed by atoms with Crippen molar-refractivity contribution in [2.24, 2.45) is 0 Å². The molecule has 5 heavy (non-hydrogen) atoms. The van der Waals surface area contributed by atoms with Gasteiger partial charge in [-0.3, -0.25) is 4.79 Å². The van der Waals surface area contributed by atoms with E-state index in [1.807, 2.05) is 0 Å². The van der Waals surface area contributed by atoms with Crippen LogP contribution in [0.15, 0.2) is 0 Å². The molecule has 0 fully saturated rings. The van der Waals surface area contributed by atoms with Crippen molar-refractivity contribution in [1.29, 1.82) is 0 Å². The van der Waals surface area contributed by atoms with Crippen LogP contribution in [-0.2, 0) is 4.79 Å². The fraction of sp³-hybridized carbons (Fsp3) is 0.500. The van der Waals surface area contributed by atoms with E-state index >= 15 is 0 Å². The third kappa shape index (κ3) is 3.82. The van der Waals surface area contributed by atoms with Crippen LogP contribution in [0.1, 0.15) is 0 Å². The number of carbonyl (C=O) groups is 1. The van der Waals surface area contributed by atoms with Crippen LogP contribution in [0.4, 0.5) is 0 Å². The summed E-state index contributed by atoms with van der Waals surface area (Å²) in [6, 6.07) is 0. The lowest BCUT2D eigenvalue weighted by Crippen LogP contribution is -2.05. The highest BCUT2D eigenvalue weighted by Gasteiger charge is 1.61. The molecule has 0 aromatic heterocycles. The molecule has 0 atom stereocenters. The molecule has 3 heteroatoms. The Hall–Kier alpha value is -0.180. The molecule has 0 heterocycles. The third-order valence-electron chi connectivity index (χ3n) is 0.167. The summed E-state index contributed by atoms with van der Waals surface area (Å²) in [6.07, 6.45) is 0.576. The SMILES string of the molecule is O=CNC[S]. The van der Waals surface area contributed by atoms with E-state index in [1.54, 1.807) is 0 Å². The summed E-state index contributed by atoms with van der Waals surface area (Å²) in [5, 5.41) is 2.25. The third-order valence-corrected chi connectivity index (χ3v) is 0.333. The van der Waals surface area contributed by atoms with Crippen molar-refractivity contribution in [3.8, 4) is 0 Å². The normalized spacial score (nSPS) is 6.60. The fourth-order valence-electron chi connectivity index (χ4n) is 0.0340. The summed E-state index contributed by atoms with van der Waals surface area (Å²) in [7, 11) is 0. The fourth-order valence-corrected chi connectivity index (χ4v) is 0.102. The maximum atomic E-state index is 9.23. The number of hydrogen-bond acceptors (Lipinski definition) is 1. The van der Waals surface area contributed by atoms with Crippen molar-refractivity contribution in [2.45, 2.75) is 0 Å². The molecule has 0 aliphatic carbocycles. The van der Waals surface area contributed by atoms with Crippen LogP contribution in [0.5, 0.6) is 0 Å². The van der Waals surface area contributed by atoms with Crippen LogP contribution in [0.2, 0.25) is 0 Å². The molecule has 0 bridgehead atoms. The van der Waals surface area contributed by atoms with Crippen LogP contribution in [-0.4, -0.2) is 12.3 Å². The molecule has 0 saturated heterocycles. The lowest BCUT2D eigenvalue weighted by molar-refractivity contribution is -0.109. The summed E-state index contributed by atoms with van der Waals surface area (Å²) in [6.45, 7) is 0. The average Bonchev–Trinajstić information content (AvgIpc) is 1.41. The summed E-state index contributed by atoms with van der Waals surface area (Å²) in [4.78, 5) is 9.23. The predicted octanol–water partition coefficient (Wildman–Crippen LogP) is -0.113.